The summed E-state index contributed by atoms with van der Waals surface area (Å²) in [5, 5.41) is 4.39. The lowest BCUT2D eigenvalue weighted by Gasteiger charge is -2.34. The average molecular weight is 418 g/mol. The van der Waals surface area contributed by atoms with E-state index in [0.717, 1.165) is 42.5 Å². The zero-order valence-electron chi connectivity index (χ0n) is 14.3. The quantitative estimate of drug-likeness (QED) is 0.764. The van der Waals surface area contributed by atoms with Crippen molar-refractivity contribution in [3.63, 3.8) is 0 Å². The third kappa shape index (κ3) is 3.38. The maximum atomic E-state index is 12.7. The molecule has 7 nitrogen and oxygen atoms in total. The molecule has 0 radical (unpaired) electrons. The summed E-state index contributed by atoms with van der Waals surface area (Å²) in [6.45, 7) is 3.12. The number of anilines is 1. The minimum absolute atomic E-state index is 0.0962. The molecule has 0 aromatic carbocycles. The Bertz CT molecular complexity index is 863. The minimum Gasteiger partial charge on any atom is -0.370 e. The van der Waals surface area contributed by atoms with Gasteiger partial charge in [0.05, 0.1) is 17.9 Å². The van der Waals surface area contributed by atoms with E-state index in [9.17, 15) is 9.59 Å². The highest BCUT2D eigenvalue weighted by Crippen LogP contribution is 2.22. The molecule has 0 bridgehead atoms. The second kappa shape index (κ2) is 7.19. The summed E-state index contributed by atoms with van der Waals surface area (Å²) in [4.78, 5) is 33.3. The molecule has 26 heavy (non-hydrogen) atoms. The van der Waals surface area contributed by atoms with Crippen molar-refractivity contribution in [1.29, 1.82) is 0 Å². The molecule has 2 fully saturated rings. The zero-order chi connectivity index (χ0) is 18.1. The van der Waals surface area contributed by atoms with Gasteiger partial charge < -0.3 is 9.80 Å². The predicted molar refractivity (Wildman–Crippen MR) is 101 cm³/mol. The number of hydrogen-bond acceptors (Lipinski definition) is 5. The van der Waals surface area contributed by atoms with Gasteiger partial charge in [0.15, 0.2) is 0 Å². The maximum absolute atomic E-state index is 12.7. The van der Waals surface area contributed by atoms with Gasteiger partial charge >= 0.3 is 0 Å². The molecule has 0 aliphatic carbocycles. The number of nitrogens with zero attached hydrogens (tertiary/aromatic N) is 5. The number of pyridine rings is 1. The molecular formula is C18H20BrN5O2. The fourth-order valence-corrected chi connectivity index (χ4v) is 3.67. The van der Waals surface area contributed by atoms with Gasteiger partial charge in [0.1, 0.15) is 5.69 Å². The van der Waals surface area contributed by atoms with Crippen molar-refractivity contribution in [3.8, 4) is 0 Å². The summed E-state index contributed by atoms with van der Waals surface area (Å²) in [5.74, 6) is -0.104. The van der Waals surface area contributed by atoms with Crippen molar-refractivity contribution in [2.45, 2.75) is 25.3 Å². The Labute approximate surface area is 159 Å². The van der Waals surface area contributed by atoms with Gasteiger partial charge in [-0.3, -0.25) is 9.59 Å². The lowest BCUT2D eigenvalue weighted by Crippen LogP contribution is -2.44. The van der Waals surface area contributed by atoms with Crippen molar-refractivity contribution in [1.82, 2.24) is 19.7 Å². The predicted octanol–water partition coefficient (Wildman–Crippen LogP) is 2.09. The van der Waals surface area contributed by atoms with Crippen molar-refractivity contribution in [2.75, 3.05) is 31.1 Å². The minimum atomic E-state index is -0.104. The average Bonchev–Trinajstić information content (AvgIpc) is 2.60. The summed E-state index contributed by atoms with van der Waals surface area (Å²) in [6.07, 6.45) is 6.22. The Morgan fingerprint density at radius 1 is 1.15 bits per heavy atom. The van der Waals surface area contributed by atoms with Crippen LogP contribution >= 0.6 is 15.9 Å². The number of carbonyl (C=O) groups is 1. The summed E-state index contributed by atoms with van der Waals surface area (Å²) in [7, 11) is 0. The molecule has 2 aliphatic rings. The van der Waals surface area contributed by atoms with Crippen LogP contribution in [0.15, 0.2) is 39.9 Å². The van der Waals surface area contributed by atoms with Crippen LogP contribution < -0.4 is 10.5 Å². The largest absolute Gasteiger partial charge is 0.370 e. The van der Waals surface area contributed by atoms with Crippen LogP contribution in [0, 0.1) is 0 Å². The highest BCUT2D eigenvalue weighted by molar-refractivity contribution is 9.10. The third-order valence-electron chi connectivity index (χ3n) is 5.01. The lowest BCUT2D eigenvalue weighted by molar-refractivity contribution is 0.0664. The molecule has 0 N–H and O–H groups in total. The van der Waals surface area contributed by atoms with Crippen LogP contribution in [0.1, 0.15) is 35.8 Å². The molecule has 4 rings (SSSR count). The van der Waals surface area contributed by atoms with Gasteiger partial charge in [0.2, 0.25) is 0 Å². The SMILES string of the molecule is O=C(c1ccc(Br)cn1)N1CCC[C@H](n2ncc(N3CCC3)cc2=O)C1. The normalized spacial score (nSPS) is 20.0. The van der Waals surface area contributed by atoms with Gasteiger partial charge in [-0.25, -0.2) is 9.67 Å². The van der Waals surface area contributed by atoms with Gasteiger partial charge in [-0.1, -0.05) is 0 Å². The Morgan fingerprint density at radius 3 is 2.65 bits per heavy atom. The van der Waals surface area contributed by atoms with Gasteiger partial charge in [-0.05, 0) is 47.3 Å². The number of hydrogen-bond donors (Lipinski definition) is 0. The number of likely N-dealkylation sites (tertiary alicyclic amines) is 1. The maximum Gasteiger partial charge on any atom is 0.272 e. The standard InChI is InChI=1S/C18H20BrN5O2/c19-13-4-5-16(20-10-13)18(26)23-6-1-3-14(12-23)24-17(25)9-15(11-21-24)22-7-2-8-22/h4-5,9-11,14H,1-3,6-8,12H2/t14-/m0/s1. The van der Waals surface area contributed by atoms with Crippen LogP contribution in [0.4, 0.5) is 5.69 Å². The number of halogens is 1. The summed E-state index contributed by atoms with van der Waals surface area (Å²) < 4.78 is 2.36. The van der Waals surface area contributed by atoms with E-state index in [2.05, 4.69) is 30.9 Å². The topological polar surface area (TPSA) is 71.3 Å². The van der Waals surface area contributed by atoms with E-state index in [1.165, 1.54) is 4.68 Å². The van der Waals surface area contributed by atoms with Crippen LogP contribution in [0.2, 0.25) is 0 Å². The molecule has 2 aromatic heterocycles. The molecule has 136 valence electrons. The van der Waals surface area contributed by atoms with Crippen LogP contribution in [-0.2, 0) is 0 Å². The van der Waals surface area contributed by atoms with Crippen LogP contribution in [-0.4, -0.2) is 51.8 Å². The first-order valence-electron chi connectivity index (χ1n) is 8.86. The number of aromatic nitrogens is 3. The Kier molecular flexibility index (Phi) is 4.76. The summed E-state index contributed by atoms with van der Waals surface area (Å²) >= 11 is 3.33. The first-order valence-corrected chi connectivity index (χ1v) is 9.66. The van der Waals surface area contributed by atoms with E-state index < -0.39 is 0 Å². The smallest absolute Gasteiger partial charge is 0.272 e. The van der Waals surface area contributed by atoms with E-state index in [0.29, 0.717) is 18.8 Å². The Morgan fingerprint density at radius 2 is 2.00 bits per heavy atom. The fraction of sp³-hybridized carbons (Fsp3) is 0.444. The monoisotopic (exact) mass is 417 g/mol. The van der Waals surface area contributed by atoms with E-state index in [1.54, 1.807) is 29.4 Å². The van der Waals surface area contributed by atoms with E-state index in [1.807, 2.05) is 6.07 Å². The van der Waals surface area contributed by atoms with Crippen LogP contribution in [0.5, 0.6) is 0 Å². The molecule has 2 aromatic rings. The highest BCUT2D eigenvalue weighted by Gasteiger charge is 2.27. The molecule has 2 aliphatic heterocycles. The molecule has 0 unspecified atom stereocenters. The fourth-order valence-electron chi connectivity index (χ4n) is 3.43. The van der Waals surface area contributed by atoms with Gasteiger partial charge in [0, 0.05) is 42.9 Å². The second-order valence-corrected chi connectivity index (χ2v) is 7.66. The third-order valence-corrected chi connectivity index (χ3v) is 5.48. The molecule has 0 saturated carbocycles. The molecule has 0 spiro atoms. The molecule has 2 saturated heterocycles. The summed E-state index contributed by atoms with van der Waals surface area (Å²) in [6, 6.07) is 5.08. The molecule has 1 atom stereocenters. The number of rotatable bonds is 3. The van der Waals surface area contributed by atoms with Gasteiger partial charge in [-0.2, -0.15) is 5.10 Å². The van der Waals surface area contributed by atoms with Gasteiger partial charge in [0.25, 0.3) is 11.5 Å². The van der Waals surface area contributed by atoms with Crippen LogP contribution in [0.25, 0.3) is 0 Å². The van der Waals surface area contributed by atoms with Crippen molar-refractivity contribution in [3.05, 3.63) is 51.1 Å². The van der Waals surface area contributed by atoms with E-state index in [4.69, 9.17) is 0 Å². The molecular weight excluding hydrogens is 398 g/mol. The molecule has 1 amide bonds. The van der Waals surface area contributed by atoms with Crippen LogP contribution in [0.3, 0.4) is 0 Å². The number of piperidine rings is 1. The van der Waals surface area contributed by atoms with Crippen molar-refractivity contribution in [2.24, 2.45) is 0 Å². The van der Waals surface area contributed by atoms with Gasteiger partial charge in [-0.15, -0.1) is 0 Å². The molecule has 4 heterocycles. The first kappa shape index (κ1) is 17.2. The van der Waals surface area contributed by atoms with Crippen molar-refractivity contribution >= 4 is 27.5 Å². The van der Waals surface area contributed by atoms with E-state index in [-0.39, 0.29) is 17.5 Å². The molecule has 8 heteroatoms. The van der Waals surface area contributed by atoms with Crippen molar-refractivity contribution < 1.29 is 4.79 Å². The Balaban J connectivity index is 1.50. The number of carbonyl (C=O) groups excluding carboxylic acids is 1. The van der Waals surface area contributed by atoms with E-state index >= 15 is 0 Å². The lowest BCUT2D eigenvalue weighted by atomic mass is 10.1. The first-order chi connectivity index (χ1) is 12.6. The summed E-state index contributed by atoms with van der Waals surface area (Å²) in [5.41, 5.74) is 1.21. The number of amides is 1. The highest BCUT2D eigenvalue weighted by atomic mass is 79.9. The zero-order valence-corrected chi connectivity index (χ0v) is 15.9. The second-order valence-electron chi connectivity index (χ2n) is 6.75. The Hall–Kier alpha value is -2.22.